The summed E-state index contributed by atoms with van der Waals surface area (Å²) < 4.78 is 11.4. The van der Waals surface area contributed by atoms with Crippen LogP contribution in [0.4, 0.5) is 0 Å². The minimum atomic E-state index is 0.0740. The molecule has 2 saturated heterocycles. The maximum absolute atomic E-state index is 12.6. The largest absolute Gasteiger partial charge is 0.488 e. The van der Waals surface area contributed by atoms with Gasteiger partial charge in [-0.3, -0.25) is 9.69 Å². The van der Waals surface area contributed by atoms with E-state index in [1.807, 2.05) is 29.2 Å². The van der Waals surface area contributed by atoms with Crippen molar-refractivity contribution in [2.75, 3.05) is 39.4 Å². The van der Waals surface area contributed by atoms with Crippen molar-refractivity contribution in [1.82, 2.24) is 9.80 Å². The summed E-state index contributed by atoms with van der Waals surface area (Å²) in [5.74, 6) is 0.884. The summed E-state index contributed by atoms with van der Waals surface area (Å²) in [4.78, 5) is 17.0. The average molecular weight is 330 g/mol. The number of nitrogens with zero attached hydrogens (tertiary/aromatic N) is 2. The number of hydrogen-bond donors (Lipinski definition) is 0. The summed E-state index contributed by atoms with van der Waals surface area (Å²) in [5.41, 5.74) is 0.710. The fourth-order valence-corrected chi connectivity index (χ4v) is 3.96. The zero-order valence-electron chi connectivity index (χ0n) is 14.2. The quantitative estimate of drug-likeness (QED) is 0.848. The highest BCUT2D eigenvalue weighted by atomic mass is 16.5. The molecule has 130 valence electrons. The molecule has 0 bridgehead atoms. The number of amides is 1. The van der Waals surface area contributed by atoms with Crippen LogP contribution in [0.25, 0.3) is 0 Å². The van der Waals surface area contributed by atoms with E-state index >= 15 is 0 Å². The SMILES string of the molecule is O=C(c1cccc(OC2CN(C3CCCC3)C2)c1)N1CCOCC1. The van der Waals surface area contributed by atoms with Gasteiger partial charge in [-0.05, 0) is 31.0 Å². The van der Waals surface area contributed by atoms with E-state index < -0.39 is 0 Å². The van der Waals surface area contributed by atoms with Crippen LogP contribution in [0.15, 0.2) is 24.3 Å². The molecule has 3 aliphatic rings. The molecule has 0 aromatic heterocycles. The topological polar surface area (TPSA) is 42.0 Å². The Morgan fingerprint density at radius 3 is 2.62 bits per heavy atom. The van der Waals surface area contributed by atoms with Gasteiger partial charge in [-0.25, -0.2) is 0 Å². The molecule has 2 aliphatic heterocycles. The molecule has 0 unspecified atom stereocenters. The van der Waals surface area contributed by atoms with Crippen LogP contribution in [0.5, 0.6) is 5.75 Å². The van der Waals surface area contributed by atoms with Gasteiger partial charge in [0.1, 0.15) is 11.9 Å². The van der Waals surface area contributed by atoms with Crippen molar-refractivity contribution in [3.63, 3.8) is 0 Å². The Morgan fingerprint density at radius 1 is 1.12 bits per heavy atom. The van der Waals surface area contributed by atoms with Gasteiger partial charge in [0.2, 0.25) is 0 Å². The second kappa shape index (κ2) is 7.11. The van der Waals surface area contributed by atoms with Gasteiger partial charge in [-0.1, -0.05) is 18.9 Å². The molecule has 1 aromatic carbocycles. The third-order valence-electron chi connectivity index (χ3n) is 5.40. The van der Waals surface area contributed by atoms with E-state index in [2.05, 4.69) is 4.90 Å². The monoisotopic (exact) mass is 330 g/mol. The summed E-state index contributed by atoms with van der Waals surface area (Å²) in [7, 11) is 0. The van der Waals surface area contributed by atoms with Crippen LogP contribution in [-0.2, 0) is 4.74 Å². The van der Waals surface area contributed by atoms with E-state index in [0.29, 0.717) is 31.9 Å². The molecule has 1 saturated carbocycles. The fraction of sp³-hybridized carbons (Fsp3) is 0.632. The van der Waals surface area contributed by atoms with Gasteiger partial charge in [-0.15, -0.1) is 0 Å². The molecular weight excluding hydrogens is 304 g/mol. The van der Waals surface area contributed by atoms with Crippen molar-refractivity contribution in [1.29, 1.82) is 0 Å². The number of rotatable bonds is 4. The summed E-state index contributed by atoms with van der Waals surface area (Å²) in [6.45, 7) is 4.63. The molecule has 5 heteroatoms. The Labute approximate surface area is 143 Å². The van der Waals surface area contributed by atoms with Crippen molar-refractivity contribution in [2.24, 2.45) is 0 Å². The number of carbonyl (C=O) groups excluding carboxylic acids is 1. The van der Waals surface area contributed by atoms with Crippen LogP contribution >= 0.6 is 0 Å². The van der Waals surface area contributed by atoms with Crippen LogP contribution in [0.1, 0.15) is 36.0 Å². The second-order valence-electron chi connectivity index (χ2n) is 7.06. The molecule has 1 aromatic rings. The molecule has 1 aliphatic carbocycles. The molecule has 0 atom stereocenters. The molecular formula is C19H26N2O3. The number of benzene rings is 1. The lowest BCUT2D eigenvalue weighted by Gasteiger charge is -2.42. The van der Waals surface area contributed by atoms with Gasteiger partial charge in [0.25, 0.3) is 5.91 Å². The Hall–Kier alpha value is -1.59. The first-order chi connectivity index (χ1) is 11.8. The van der Waals surface area contributed by atoms with Gasteiger partial charge >= 0.3 is 0 Å². The van der Waals surface area contributed by atoms with E-state index in [1.54, 1.807) is 0 Å². The van der Waals surface area contributed by atoms with Gasteiger partial charge < -0.3 is 14.4 Å². The van der Waals surface area contributed by atoms with Crippen molar-refractivity contribution >= 4 is 5.91 Å². The first-order valence-electron chi connectivity index (χ1n) is 9.17. The minimum absolute atomic E-state index is 0.0740. The molecule has 0 spiro atoms. The van der Waals surface area contributed by atoms with E-state index in [4.69, 9.17) is 9.47 Å². The van der Waals surface area contributed by atoms with Crippen LogP contribution < -0.4 is 4.74 Å². The third kappa shape index (κ3) is 3.42. The summed E-state index contributed by atoms with van der Waals surface area (Å²) in [6, 6.07) is 8.40. The van der Waals surface area contributed by atoms with Crippen LogP contribution in [0.2, 0.25) is 0 Å². The number of morpholine rings is 1. The normalized spacial score (nSPS) is 23.2. The number of hydrogen-bond acceptors (Lipinski definition) is 4. The van der Waals surface area contributed by atoms with Crippen molar-refractivity contribution in [3.8, 4) is 5.75 Å². The van der Waals surface area contributed by atoms with Crippen LogP contribution in [-0.4, -0.2) is 67.2 Å². The highest BCUT2D eigenvalue weighted by molar-refractivity contribution is 5.94. The zero-order chi connectivity index (χ0) is 16.4. The van der Waals surface area contributed by atoms with E-state index in [0.717, 1.165) is 24.9 Å². The lowest BCUT2D eigenvalue weighted by atomic mass is 10.1. The first-order valence-corrected chi connectivity index (χ1v) is 9.17. The highest BCUT2D eigenvalue weighted by Gasteiger charge is 2.35. The molecule has 24 heavy (non-hydrogen) atoms. The third-order valence-corrected chi connectivity index (χ3v) is 5.40. The van der Waals surface area contributed by atoms with Crippen LogP contribution in [0.3, 0.4) is 0 Å². The number of ether oxygens (including phenoxy) is 2. The highest BCUT2D eigenvalue weighted by Crippen LogP contribution is 2.29. The predicted octanol–water partition coefficient (Wildman–Crippen LogP) is 2.16. The lowest BCUT2D eigenvalue weighted by molar-refractivity contribution is -0.00743. The maximum Gasteiger partial charge on any atom is 0.254 e. The molecule has 0 N–H and O–H groups in total. The molecule has 1 amide bonds. The van der Waals surface area contributed by atoms with E-state index in [9.17, 15) is 4.79 Å². The van der Waals surface area contributed by atoms with Gasteiger partial charge in [0.05, 0.1) is 13.2 Å². The Kier molecular flexibility index (Phi) is 4.72. The second-order valence-corrected chi connectivity index (χ2v) is 7.06. The molecule has 0 radical (unpaired) electrons. The standard InChI is InChI=1S/C19H26N2O3/c22-19(20-8-10-23-11-9-20)15-4-3-7-17(12-15)24-18-13-21(14-18)16-5-1-2-6-16/h3-4,7,12,16,18H,1-2,5-6,8-11,13-14H2. The predicted molar refractivity (Wildman–Crippen MR) is 91.4 cm³/mol. The van der Waals surface area contributed by atoms with Gasteiger partial charge in [0, 0.05) is 37.8 Å². The smallest absolute Gasteiger partial charge is 0.254 e. The van der Waals surface area contributed by atoms with Crippen molar-refractivity contribution < 1.29 is 14.3 Å². The minimum Gasteiger partial charge on any atom is -0.488 e. The summed E-state index contributed by atoms with van der Waals surface area (Å²) in [5, 5.41) is 0. The fourth-order valence-electron chi connectivity index (χ4n) is 3.96. The van der Waals surface area contributed by atoms with Gasteiger partial charge in [0.15, 0.2) is 0 Å². The van der Waals surface area contributed by atoms with E-state index in [-0.39, 0.29) is 12.0 Å². The maximum atomic E-state index is 12.6. The van der Waals surface area contributed by atoms with Crippen molar-refractivity contribution in [2.45, 2.75) is 37.8 Å². The first kappa shape index (κ1) is 15.9. The van der Waals surface area contributed by atoms with Gasteiger partial charge in [-0.2, -0.15) is 0 Å². The summed E-state index contributed by atoms with van der Waals surface area (Å²) in [6.07, 6.45) is 5.70. The lowest BCUT2D eigenvalue weighted by Crippen LogP contribution is -2.57. The molecule has 3 fully saturated rings. The van der Waals surface area contributed by atoms with E-state index in [1.165, 1.54) is 25.7 Å². The van der Waals surface area contributed by atoms with Crippen molar-refractivity contribution in [3.05, 3.63) is 29.8 Å². The Balaban J connectivity index is 1.32. The number of likely N-dealkylation sites (tertiary alicyclic amines) is 1. The number of carbonyl (C=O) groups is 1. The molecule has 4 rings (SSSR count). The zero-order valence-corrected chi connectivity index (χ0v) is 14.2. The average Bonchev–Trinajstić information content (AvgIpc) is 3.12. The Morgan fingerprint density at radius 2 is 1.88 bits per heavy atom. The Bertz CT molecular complexity index is 574. The molecule has 2 heterocycles. The summed E-state index contributed by atoms with van der Waals surface area (Å²) >= 11 is 0. The molecule has 5 nitrogen and oxygen atoms in total. The van der Waals surface area contributed by atoms with Crippen LogP contribution in [0, 0.1) is 0 Å².